The zero-order chi connectivity index (χ0) is 17.9. The number of ketones is 1. The second-order valence-electron chi connectivity index (χ2n) is 7.10. The standard InChI is InChI=1S/C19H25N3O2/c1-5-6-16(23)15-10-13(18(20)24)8-7-12(15)9-14-11-21-22-17(14)19(2,3)4/h7-8,10-11H,5-6,9H2,1-4H3,(H2,20,24)(H,21,22). The van der Waals surface area contributed by atoms with E-state index in [1.54, 1.807) is 12.1 Å². The lowest BCUT2D eigenvalue weighted by Crippen LogP contribution is -2.16. The topological polar surface area (TPSA) is 88.8 Å². The molecule has 0 spiro atoms. The normalized spacial score (nSPS) is 11.5. The smallest absolute Gasteiger partial charge is 0.248 e. The average molecular weight is 327 g/mol. The van der Waals surface area contributed by atoms with Gasteiger partial charge in [-0.1, -0.05) is 33.8 Å². The third-order valence-electron chi connectivity index (χ3n) is 3.98. The van der Waals surface area contributed by atoms with Crippen molar-refractivity contribution in [2.45, 2.75) is 52.4 Å². The zero-order valence-electron chi connectivity index (χ0n) is 14.8. The van der Waals surface area contributed by atoms with Gasteiger partial charge in [0, 0.05) is 35.6 Å². The van der Waals surface area contributed by atoms with Crippen molar-refractivity contribution in [1.29, 1.82) is 0 Å². The predicted molar refractivity (Wildman–Crippen MR) is 94.3 cm³/mol. The summed E-state index contributed by atoms with van der Waals surface area (Å²) >= 11 is 0. The van der Waals surface area contributed by atoms with Crippen LogP contribution in [-0.2, 0) is 11.8 Å². The maximum absolute atomic E-state index is 12.5. The summed E-state index contributed by atoms with van der Waals surface area (Å²) < 4.78 is 0. The van der Waals surface area contributed by atoms with E-state index in [1.165, 1.54) is 0 Å². The van der Waals surface area contributed by atoms with Crippen LogP contribution in [0, 0.1) is 0 Å². The summed E-state index contributed by atoms with van der Waals surface area (Å²) in [6.07, 6.45) is 3.67. The van der Waals surface area contributed by atoms with Crippen LogP contribution in [-0.4, -0.2) is 21.9 Å². The van der Waals surface area contributed by atoms with Gasteiger partial charge in [-0.15, -0.1) is 0 Å². The van der Waals surface area contributed by atoms with Crippen LogP contribution in [0.3, 0.4) is 0 Å². The van der Waals surface area contributed by atoms with Crippen LogP contribution >= 0.6 is 0 Å². The Hall–Kier alpha value is -2.43. The Morgan fingerprint density at radius 3 is 2.50 bits per heavy atom. The molecular weight excluding hydrogens is 302 g/mol. The second-order valence-corrected chi connectivity index (χ2v) is 7.10. The van der Waals surface area contributed by atoms with Crippen LogP contribution in [0.4, 0.5) is 0 Å². The number of Topliss-reactive ketones (excluding diaryl/α,β-unsaturated/α-hetero) is 1. The molecule has 0 aliphatic rings. The number of H-pyrrole nitrogens is 1. The van der Waals surface area contributed by atoms with Gasteiger partial charge in [0.15, 0.2) is 5.78 Å². The molecule has 0 radical (unpaired) electrons. The van der Waals surface area contributed by atoms with Crippen LogP contribution < -0.4 is 5.73 Å². The number of carbonyl (C=O) groups excluding carboxylic acids is 2. The molecule has 1 aromatic heterocycles. The lowest BCUT2D eigenvalue weighted by atomic mass is 9.86. The van der Waals surface area contributed by atoms with Crippen molar-refractivity contribution < 1.29 is 9.59 Å². The van der Waals surface area contributed by atoms with Gasteiger partial charge in [0.25, 0.3) is 0 Å². The quantitative estimate of drug-likeness (QED) is 0.797. The number of nitrogens with one attached hydrogen (secondary N) is 1. The third-order valence-corrected chi connectivity index (χ3v) is 3.98. The molecule has 3 N–H and O–H groups in total. The fraction of sp³-hybridized carbons (Fsp3) is 0.421. The molecule has 2 aromatic rings. The number of aromatic amines is 1. The predicted octanol–water partition coefficient (Wildman–Crippen LogP) is 3.38. The number of hydrogen-bond donors (Lipinski definition) is 2. The van der Waals surface area contributed by atoms with E-state index in [1.807, 2.05) is 19.2 Å². The first-order valence-corrected chi connectivity index (χ1v) is 8.23. The Morgan fingerprint density at radius 2 is 1.92 bits per heavy atom. The minimum atomic E-state index is -0.522. The van der Waals surface area contributed by atoms with Gasteiger partial charge >= 0.3 is 0 Å². The zero-order valence-corrected chi connectivity index (χ0v) is 14.8. The number of benzene rings is 1. The van der Waals surface area contributed by atoms with Gasteiger partial charge in [-0.3, -0.25) is 14.7 Å². The van der Waals surface area contributed by atoms with E-state index in [9.17, 15) is 9.59 Å². The summed E-state index contributed by atoms with van der Waals surface area (Å²) in [5.41, 5.74) is 9.14. The van der Waals surface area contributed by atoms with Gasteiger partial charge in [-0.05, 0) is 29.7 Å². The first-order chi connectivity index (χ1) is 11.2. The molecule has 5 heteroatoms. The summed E-state index contributed by atoms with van der Waals surface area (Å²) in [5, 5.41) is 7.28. The van der Waals surface area contributed by atoms with Crippen molar-refractivity contribution in [3.05, 3.63) is 52.3 Å². The van der Waals surface area contributed by atoms with Gasteiger partial charge in [0.2, 0.25) is 5.91 Å². The molecule has 128 valence electrons. The molecule has 0 saturated heterocycles. The molecule has 0 aliphatic heterocycles. The minimum absolute atomic E-state index is 0.0383. The van der Waals surface area contributed by atoms with Crippen molar-refractivity contribution in [1.82, 2.24) is 10.2 Å². The van der Waals surface area contributed by atoms with E-state index in [2.05, 4.69) is 31.0 Å². The van der Waals surface area contributed by atoms with Gasteiger partial charge in [-0.2, -0.15) is 5.10 Å². The largest absolute Gasteiger partial charge is 0.366 e. The highest BCUT2D eigenvalue weighted by Crippen LogP contribution is 2.27. The molecule has 1 aromatic carbocycles. The van der Waals surface area contributed by atoms with Crippen molar-refractivity contribution in [3.8, 4) is 0 Å². The Kier molecular flexibility index (Phi) is 5.22. The van der Waals surface area contributed by atoms with Crippen LogP contribution in [0.15, 0.2) is 24.4 Å². The number of primary amides is 1. The maximum atomic E-state index is 12.5. The van der Waals surface area contributed by atoms with Crippen LogP contribution in [0.25, 0.3) is 0 Å². The Bertz CT molecular complexity index is 754. The minimum Gasteiger partial charge on any atom is -0.366 e. The van der Waals surface area contributed by atoms with Crippen LogP contribution in [0.1, 0.15) is 78.1 Å². The first kappa shape index (κ1) is 17.9. The number of nitrogens with zero attached hydrogens (tertiary/aromatic N) is 1. The molecule has 0 fully saturated rings. The van der Waals surface area contributed by atoms with E-state index < -0.39 is 5.91 Å². The molecule has 0 unspecified atom stereocenters. The Balaban J connectivity index is 2.45. The maximum Gasteiger partial charge on any atom is 0.248 e. The molecule has 0 aliphatic carbocycles. The van der Waals surface area contributed by atoms with Crippen molar-refractivity contribution in [2.75, 3.05) is 0 Å². The lowest BCUT2D eigenvalue weighted by molar-refractivity contribution is 0.0981. The number of carbonyl (C=O) groups is 2. The van der Waals surface area contributed by atoms with E-state index in [0.717, 1.165) is 23.2 Å². The fourth-order valence-corrected chi connectivity index (χ4v) is 2.81. The summed E-state index contributed by atoms with van der Waals surface area (Å²) in [7, 11) is 0. The van der Waals surface area contributed by atoms with Crippen LogP contribution in [0.2, 0.25) is 0 Å². The summed E-state index contributed by atoms with van der Waals surface area (Å²) in [6, 6.07) is 5.12. The molecule has 0 bridgehead atoms. The summed E-state index contributed by atoms with van der Waals surface area (Å²) in [4.78, 5) is 23.9. The fourth-order valence-electron chi connectivity index (χ4n) is 2.81. The molecule has 24 heavy (non-hydrogen) atoms. The third kappa shape index (κ3) is 3.91. The van der Waals surface area contributed by atoms with E-state index >= 15 is 0 Å². The number of nitrogens with two attached hydrogens (primary N) is 1. The number of rotatable bonds is 6. The highest BCUT2D eigenvalue weighted by molar-refractivity contribution is 6.01. The summed E-state index contributed by atoms with van der Waals surface area (Å²) in [6.45, 7) is 8.27. The van der Waals surface area contributed by atoms with Gasteiger partial charge < -0.3 is 5.73 Å². The first-order valence-electron chi connectivity index (χ1n) is 8.23. The van der Waals surface area contributed by atoms with E-state index in [0.29, 0.717) is 24.0 Å². The van der Waals surface area contributed by atoms with Crippen molar-refractivity contribution in [3.63, 3.8) is 0 Å². The second kappa shape index (κ2) is 6.99. The molecule has 1 amide bonds. The van der Waals surface area contributed by atoms with Gasteiger partial charge in [-0.25, -0.2) is 0 Å². The van der Waals surface area contributed by atoms with Crippen molar-refractivity contribution in [2.24, 2.45) is 5.73 Å². The highest BCUT2D eigenvalue weighted by Gasteiger charge is 2.22. The van der Waals surface area contributed by atoms with Crippen molar-refractivity contribution >= 4 is 11.7 Å². The SMILES string of the molecule is CCCC(=O)c1cc(C(N)=O)ccc1Cc1c[nH]nc1C(C)(C)C. The number of hydrogen-bond acceptors (Lipinski definition) is 3. The molecule has 1 heterocycles. The number of amides is 1. The van der Waals surface area contributed by atoms with Gasteiger partial charge in [0.05, 0.1) is 5.69 Å². The molecule has 5 nitrogen and oxygen atoms in total. The molecular formula is C19H25N3O2. The highest BCUT2D eigenvalue weighted by atomic mass is 16.1. The Morgan fingerprint density at radius 1 is 1.21 bits per heavy atom. The van der Waals surface area contributed by atoms with E-state index in [4.69, 9.17) is 5.73 Å². The summed E-state index contributed by atoms with van der Waals surface area (Å²) in [5.74, 6) is -0.484. The van der Waals surface area contributed by atoms with Crippen LogP contribution in [0.5, 0.6) is 0 Å². The lowest BCUT2D eigenvalue weighted by Gasteiger charge is -2.18. The molecule has 0 atom stereocenters. The molecule has 0 saturated carbocycles. The average Bonchev–Trinajstić information content (AvgIpc) is 2.96. The number of aromatic nitrogens is 2. The van der Waals surface area contributed by atoms with E-state index in [-0.39, 0.29) is 11.2 Å². The monoisotopic (exact) mass is 327 g/mol. The van der Waals surface area contributed by atoms with Gasteiger partial charge in [0.1, 0.15) is 0 Å². The Labute approximate surface area is 142 Å². The molecule has 2 rings (SSSR count).